The largest absolute Gasteiger partial charge is 0.497 e. The summed E-state index contributed by atoms with van der Waals surface area (Å²) in [6.45, 7) is 0.414. The Labute approximate surface area is 146 Å². The van der Waals surface area contributed by atoms with Gasteiger partial charge in [-0.25, -0.2) is 0 Å². The molecule has 2 rings (SSSR count). The molecule has 0 atom stereocenters. The number of methoxy groups -OCH3 is 1. The van der Waals surface area contributed by atoms with E-state index in [0.29, 0.717) is 16.6 Å². The van der Waals surface area contributed by atoms with E-state index in [1.165, 1.54) is 6.08 Å². The average Bonchev–Trinajstić information content (AvgIpc) is 2.55. The zero-order valence-corrected chi connectivity index (χ0v) is 14.4. The maximum atomic E-state index is 12.2. The van der Waals surface area contributed by atoms with Gasteiger partial charge in [0.1, 0.15) is 5.75 Å². The molecule has 0 radical (unpaired) electrons. The molecule has 0 unspecified atom stereocenters. The minimum absolute atomic E-state index is 0.112. The van der Waals surface area contributed by atoms with Crippen LogP contribution in [-0.4, -0.2) is 25.0 Å². The molecule has 0 saturated carbocycles. The SMILES string of the molecule is COc1cccc(/C=C/C(=O)N(C)Cc2ccc(Cl)cc2Cl)c1. The van der Waals surface area contributed by atoms with Gasteiger partial charge in [-0.3, -0.25) is 4.79 Å². The van der Waals surface area contributed by atoms with Gasteiger partial charge in [0.05, 0.1) is 7.11 Å². The van der Waals surface area contributed by atoms with Crippen LogP contribution in [0.5, 0.6) is 5.75 Å². The molecule has 0 aliphatic rings. The van der Waals surface area contributed by atoms with E-state index in [0.717, 1.165) is 16.9 Å². The summed E-state index contributed by atoms with van der Waals surface area (Å²) in [5.74, 6) is 0.639. The molecule has 0 heterocycles. The highest BCUT2D eigenvalue weighted by atomic mass is 35.5. The highest BCUT2D eigenvalue weighted by molar-refractivity contribution is 6.35. The van der Waals surface area contributed by atoms with Crippen LogP contribution in [0.4, 0.5) is 0 Å². The lowest BCUT2D eigenvalue weighted by atomic mass is 10.2. The van der Waals surface area contributed by atoms with Crippen LogP contribution in [0.15, 0.2) is 48.5 Å². The molecule has 5 heteroatoms. The number of benzene rings is 2. The first-order valence-electron chi connectivity index (χ1n) is 7.01. The van der Waals surface area contributed by atoms with E-state index in [-0.39, 0.29) is 5.91 Å². The third-order valence-corrected chi connectivity index (χ3v) is 3.90. The van der Waals surface area contributed by atoms with Gasteiger partial charge in [-0.05, 0) is 41.5 Å². The summed E-state index contributed by atoms with van der Waals surface area (Å²) >= 11 is 12.0. The molecule has 2 aromatic rings. The van der Waals surface area contributed by atoms with Crippen molar-refractivity contribution in [1.29, 1.82) is 0 Å². The van der Waals surface area contributed by atoms with Crippen molar-refractivity contribution in [3.05, 3.63) is 69.7 Å². The topological polar surface area (TPSA) is 29.5 Å². The van der Waals surface area contributed by atoms with Crippen molar-refractivity contribution >= 4 is 35.2 Å². The van der Waals surface area contributed by atoms with E-state index in [4.69, 9.17) is 27.9 Å². The Balaban J connectivity index is 2.03. The summed E-state index contributed by atoms with van der Waals surface area (Å²) in [6, 6.07) is 12.7. The molecule has 3 nitrogen and oxygen atoms in total. The van der Waals surface area contributed by atoms with Crippen LogP contribution in [0.25, 0.3) is 6.08 Å². The van der Waals surface area contributed by atoms with Crippen molar-refractivity contribution in [2.75, 3.05) is 14.2 Å². The minimum atomic E-state index is -0.112. The van der Waals surface area contributed by atoms with Gasteiger partial charge in [-0.15, -0.1) is 0 Å². The van der Waals surface area contributed by atoms with Crippen LogP contribution < -0.4 is 4.74 Å². The Morgan fingerprint density at radius 3 is 2.70 bits per heavy atom. The van der Waals surface area contributed by atoms with Gasteiger partial charge in [0, 0.05) is 29.7 Å². The monoisotopic (exact) mass is 349 g/mol. The molecule has 0 aliphatic heterocycles. The molecule has 0 aromatic heterocycles. The van der Waals surface area contributed by atoms with E-state index in [1.54, 1.807) is 37.3 Å². The Morgan fingerprint density at radius 1 is 1.22 bits per heavy atom. The smallest absolute Gasteiger partial charge is 0.246 e. The first-order chi connectivity index (χ1) is 11.0. The average molecular weight is 350 g/mol. The Hall–Kier alpha value is -1.97. The molecule has 0 fully saturated rings. The maximum absolute atomic E-state index is 12.2. The molecule has 0 N–H and O–H groups in total. The van der Waals surface area contributed by atoms with E-state index in [9.17, 15) is 4.79 Å². The number of likely N-dealkylation sites (N-methyl/N-ethyl adjacent to an activating group) is 1. The fourth-order valence-electron chi connectivity index (χ4n) is 2.02. The molecular formula is C18H17Cl2NO2. The maximum Gasteiger partial charge on any atom is 0.246 e. The molecule has 0 bridgehead atoms. The van der Waals surface area contributed by atoms with Gasteiger partial charge in [-0.1, -0.05) is 41.4 Å². The van der Waals surface area contributed by atoms with Crippen LogP contribution in [0.2, 0.25) is 10.0 Å². The number of hydrogen-bond donors (Lipinski definition) is 0. The van der Waals surface area contributed by atoms with Crippen LogP contribution in [-0.2, 0) is 11.3 Å². The Kier molecular flexibility index (Phi) is 6.08. The summed E-state index contributed by atoms with van der Waals surface area (Å²) in [4.78, 5) is 13.8. The predicted octanol–water partition coefficient (Wildman–Crippen LogP) is 4.67. The molecule has 23 heavy (non-hydrogen) atoms. The zero-order chi connectivity index (χ0) is 16.8. The summed E-state index contributed by atoms with van der Waals surface area (Å²) in [7, 11) is 3.33. The molecular weight excluding hydrogens is 333 g/mol. The second-order valence-electron chi connectivity index (χ2n) is 5.04. The molecule has 0 aliphatic carbocycles. The molecule has 0 spiro atoms. The zero-order valence-electron chi connectivity index (χ0n) is 12.9. The number of halogens is 2. The summed E-state index contributed by atoms with van der Waals surface area (Å²) in [6.07, 6.45) is 3.28. The third kappa shape index (κ3) is 5.02. The minimum Gasteiger partial charge on any atom is -0.497 e. The number of rotatable bonds is 5. The van der Waals surface area contributed by atoms with Gasteiger partial charge < -0.3 is 9.64 Å². The first kappa shape index (κ1) is 17.4. The molecule has 120 valence electrons. The van der Waals surface area contributed by atoms with Crippen molar-refractivity contribution < 1.29 is 9.53 Å². The first-order valence-corrected chi connectivity index (χ1v) is 7.76. The fraction of sp³-hybridized carbons (Fsp3) is 0.167. The quantitative estimate of drug-likeness (QED) is 0.733. The van der Waals surface area contributed by atoms with Crippen LogP contribution in [0, 0.1) is 0 Å². The molecule has 2 aromatic carbocycles. The standard InChI is InChI=1S/C18H17Cl2NO2/c1-21(12-14-7-8-15(19)11-17(14)20)18(22)9-6-13-4-3-5-16(10-13)23-2/h3-11H,12H2,1-2H3/b9-6+. The number of carbonyl (C=O) groups excluding carboxylic acids is 1. The van der Waals surface area contributed by atoms with Crippen molar-refractivity contribution in [2.24, 2.45) is 0 Å². The Morgan fingerprint density at radius 2 is 2.00 bits per heavy atom. The fourth-order valence-corrected chi connectivity index (χ4v) is 2.49. The van der Waals surface area contributed by atoms with Crippen molar-refractivity contribution in [3.63, 3.8) is 0 Å². The normalized spacial score (nSPS) is 10.8. The molecule has 0 saturated heterocycles. The Bertz CT molecular complexity index is 729. The second-order valence-corrected chi connectivity index (χ2v) is 5.88. The number of amides is 1. The highest BCUT2D eigenvalue weighted by Gasteiger charge is 2.09. The van der Waals surface area contributed by atoms with E-state index < -0.39 is 0 Å². The van der Waals surface area contributed by atoms with Crippen LogP contribution in [0.3, 0.4) is 0 Å². The van der Waals surface area contributed by atoms with Crippen molar-refractivity contribution in [2.45, 2.75) is 6.54 Å². The van der Waals surface area contributed by atoms with Gasteiger partial charge in [-0.2, -0.15) is 0 Å². The van der Waals surface area contributed by atoms with Crippen LogP contribution in [0.1, 0.15) is 11.1 Å². The third-order valence-electron chi connectivity index (χ3n) is 3.31. The van der Waals surface area contributed by atoms with E-state index in [2.05, 4.69) is 0 Å². The van der Waals surface area contributed by atoms with Crippen molar-refractivity contribution in [1.82, 2.24) is 4.90 Å². The lowest BCUT2D eigenvalue weighted by Crippen LogP contribution is -2.24. The number of carbonyl (C=O) groups is 1. The van der Waals surface area contributed by atoms with Gasteiger partial charge in [0.25, 0.3) is 0 Å². The van der Waals surface area contributed by atoms with Gasteiger partial charge >= 0.3 is 0 Å². The van der Waals surface area contributed by atoms with Gasteiger partial charge in [0.15, 0.2) is 0 Å². The number of nitrogens with zero attached hydrogens (tertiary/aromatic N) is 1. The molecule has 1 amide bonds. The summed E-state index contributed by atoms with van der Waals surface area (Å²) < 4.78 is 5.16. The second kappa shape index (κ2) is 8.04. The lowest BCUT2D eigenvalue weighted by Gasteiger charge is -2.16. The van der Waals surface area contributed by atoms with E-state index in [1.807, 2.05) is 30.3 Å². The van der Waals surface area contributed by atoms with Crippen LogP contribution >= 0.6 is 23.2 Å². The highest BCUT2D eigenvalue weighted by Crippen LogP contribution is 2.22. The lowest BCUT2D eigenvalue weighted by molar-refractivity contribution is -0.125. The predicted molar refractivity (Wildman–Crippen MR) is 95.0 cm³/mol. The van der Waals surface area contributed by atoms with Crippen molar-refractivity contribution in [3.8, 4) is 5.75 Å². The summed E-state index contributed by atoms with van der Waals surface area (Å²) in [5.41, 5.74) is 1.75. The van der Waals surface area contributed by atoms with E-state index >= 15 is 0 Å². The summed E-state index contributed by atoms with van der Waals surface area (Å²) in [5, 5.41) is 1.12. The number of hydrogen-bond acceptors (Lipinski definition) is 2. The number of ether oxygens (including phenoxy) is 1. The van der Waals surface area contributed by atoms with Gasteiger partial charge in [0.2, 0.25) is 5.91 Å².